The van der Waals surface area contributed by atoms with Crippen molar-refractivity contribution in [3.63, 3.8) is 0 Å². The van der Waals surface area contributed by atoms with Crippen LogP contribution in [0.25, 0.3) is 21.3 Å². The molecular weight excluding hydrogens is 651 g/mol. The number of hydrogen-bond donors (Lipinski definition) is 1. The van der Waals surface area contributed by atoms with Crippen molar-refractivity contribution in [3.05, 3.63) is 115 Å². The number of benzene rings is 3. The maximum Gasteiger partial charge on any atom is 0.357 e. The van der Waals surface area contributed by atoms with Crippen molar-refractivity contribution in [1.29, 1.82) is 5.26 Å². The molecule has 0 fully saturated rings. The molecule has 47 heavy (non-hydrogen) atoms. The predicted molar refractivity (Wildman–Crippen MR) is 184 cm³/mol. The maximum absolute atomic E-state index is 13.6. The fourth-order valence-electron chi connectivity index (χ4n) is 5.81. The number of nitriles is 1. The van der Waals surface area contributed by atoms with Crippen LogP contribution in [-0.2, 0) is 31.2 Å². The number of thiazole rings is 2. The van der Waals surface area contributed by atoms with Gasteiger partial charge in [-0.25, -0.2) is 9.78 Å². The Bertz CT molecular complexity index is 2310. The van der Waals surface area contributed by atoms with E-state index < -0.39 is 5.97 Å². The number of fused-ring (bicyclic) bond motifs is 2. The molecule has 3 aromatic carbocycles. The van der Waals surface area contributed by atoms with Crippen molar-refractivity contribution < 1.29 is 19.4 Å². The minimum Gasteiger partial charge on any atom is -0.508 e. The third-order valence-corrected chi connectivity index (χ3v) is 11.2. The Hall–Kier alpha value is -5.09. The van der Waals surface area contributed by atoms with Crippen LogP contribution in [0.4, 0.5) is 5.13 Å². The van der Waals surface area contributed by atoms with Gasteiger partial charge in [0.25, 0.3) is 5.91 Å². The molecule has 0 unspecified atom stereocenters. The second-order valence-corrected chi connectivity index (χ2v) is 13.8. The van der Waals surface area contributed by atoms with Crippen molar-refractivity contribution in [1.82, 2.24) is 9.55 Å². The van der Waals surface area contributed by atoms with Gasteiger partial charge in [-0.05, 0) is 64.4 Å². The van der Waals surface area contributed by atoms with Gasteiger partial charge in [0.2, 0.25) is 0 Å². The lowest BCUT2D eigenvalue weighted by molar-refractivity contribution is 0.0593. The molecular formula is C35H27N5O4S3. The van der Waals surface area contributed by atoms with Gasteiger partial charge in [0.05, 0.1) is 22.9 Å². The van der Waals surface area contributed by atoms with E-state index in [-0.39, 0.29) is 23.8 Å². The van der Waals surface area contributed by atoms with Crippen molar-refractivity contribution in [3.8, 4) is 22.9 Å². The maximum atomic E-state index is 13.6. The Kier molecular flexibility index (Phi) is 8.19. The van der Waals surface area contributed by atoms with Crippen molar-refractivity contribution in [2.45, 2.75) is 19.4 Å². The number of carbonyl (C=O) groups excluding carboxylic acids is 2. The number of aryl methyl sites for hydroxylation is 1. The zero-order valence-electron chi connectivity index (χ0n) is 25.4. The van der Waals surface area contributed by atoms with Gasteiger partial charge in [-0.3, -0.25) is 4.79 Å². The average molecular weight is 678 g/mol. The summed E-state index contributed by atoms with van der Waals surface area (Å²) in [7, 11) is 3.23. The topological polar surface area (TPSA) is 121 Å². The van der Waals surface area contributed by atoms with Crippen molar-refractivity contribution in [2.75, 3.05) is 18.6 Å². The van der Waals surface area contributed by atoms with Gasteiger partial charge >= 0.3 is 5.97 Å². The van der Waals surface area contributed by atoms with Crippen molar-refractivity contribution in [2.24, 2.45) is 12.0 Å². The number of phenolic OH excluding ortho intramolecular Hbond substituents is 1. The molecule has 1 aliphatic heterocycles. The van der Waals surface area contributed by atoms with Gasteiger partial charge in [0.1, 0.15) is 11.8 Å². The standard InChI is InChI=1S/C35H27N5O4S3/c1-39-27-8-3-4-9-29(27)46-34(39)38-32(42)24-7-5-6-20-12-13-40(17-25(20)24)35-37-31(33(43)44-2)30(47-35)15-22-14-21(10-11-28(22)41)26-19-45-18-23(26)16-36/h3-11,14,18-19,41H,12-13,15,17H2,1-2H3. The van der Waals surface area contributed by atoms with Gasteiger partial charge in [-0.1, -0.05) is 41.7 Å². The van der Waals surface area contributed by atoms with Crippen LogP contribution in [0.1, 0.15) is 48.0 Å². The summed E-state index contributed by atoms with van der Waals surface area (Å²) in [5.41, 5.74) is 6.49. The van der Waals surface area contributed by atoms with E-state index in [2.05, 4.69) is 16.0 Å². The van der Waals surface area contributed by atoms with Crippen molar-refractivity contribution >= 4 is 61.2 Å². The van der Waals surface area contributed by atoms with E-state index in [4.69, 9.17) is 9.72 Å². The van der Waals surface area contributed by atoms with Crippen LogP contribution < -0.4 is 9.70 Å². The quantitative estimate of drug-likeness (QED) is 0.195. The molecule has 1 amide bonds. The molecule has 9 nitrogen and oxygen atoms in total. The Morgan fingerprint density at radius 3 is 2.77 bits per heavy atom. The molecule has 3 aromatic heterocycles. The van der Waals surface area contributed by atoms with Gasteiger partial charge in [-0.2, -0.15) is 21.6 Å². The van der Waals surface area contributed by atoms with Crippen LogP contribution in [0, 0.1) is 11.3 Å². The summed E-state index contributed by atoms with van der Waals surface area (Å²) in [6.07, 6.45) is 0.938. The van der Waals surface area contributed by atoms with E-state index in [0.717, 1.165) is 32.5 Å². The lowest BCUT2D eigenvalue weighted by Crippen LogP contribution is -2.31. The normalized spacial score (nSPS) is 13.0. The van der Waals surface area contributed by atoms with E-state index in [1.165, 1.54) is 41.1 Å². The van der Waals surface area contributed by atoms with Crippen LogP contribution in [0.15, 0.2) is 76.4 Å². The van der Waals surface area contributed by atoms with Crippen LogP contribution >= 0.6 is 34.0 Å². The first-order valence-corrected chi connectivity index (χ1v) is 17.3. The summed E-state index contributed by atoms with van der Waals surface area (Å²) >= 11 is 4.28. The molecule has 0 radical (unpaired) electrons. The molecule has 7 rings (SSSR count). The molecule has 0 saturated heterocycles. The summed E-state index contributed by atoms with van der Waals surface area (Å²) in [5, 5.41) is 24.6. The van der Waals surface area contributed by atoms with Crippen LogP contribution in [0.2, 0.25) is 0 Å². The minimum absolute atomic E-state index is 0.0825. The average Bonchev–Trinajstić information content (AvgIpc) is 3.82. The molecule has 234 valence electrons. The number of ether oxygens (including phenoxy) is 1. The van der Waals surface area contributed by atoms with Crippen LogP contribution in [-0.4, -0.2) is 40.2 Å². The number of esters is 1. The number of phenols is 1. The van der Waals surface area contributed by atoms with Crippen LogP contribution in [0.5, 0.6) is 5.75 Å². The number of nitrogens with zero attached hydrogens (tertiary/aromatic N) is 5. The first kappa shape index (κ1) is 30.6. The Balaban J connectivity index is 1.21. The second-order valence-electron chi connectivity index (χ2n) is 11.0. The number of aromatic nitrogens is 2. The highest BCUT2D eigenvalue weighted by Gasteiger charge is 2.27. The smallest absolute Gasteiger partial charge is 0.357 e. The molecule has 1 N–H and O–H groups in total. The fourth-order valence-corrected chi connectivity index (χ4v) is 8.70. The largest absolute Gasteiger partial charge is 0.508 e. The van der Waals surface area contributed by atoms with Gasteiger partial charge < -0.3 is 19.3 Å². The zero-order chi connectivity index (χ0) is 32.7. The number of anilines is 1. The number of carbonyl (C=O) groups is 2. The monoisotopic (exact) mass is 677 g/mol. The summed E-state index contributed by atoms with van der Waals surface area (Å²) in [6, 6.07) is 21.1. The third-order valence-electron chi connectivity index (χ3n) is 8.27. The molecule has 0 spiro atoms. The molecule has 4 heterocycles. The summed E-state index contributed by atoms with van der Waals surface area (Å²) in [6.45, 7) is 1.07. The zero-order valence-corrected chi connectivity index (χ0v) is 27.8. The molecule has 0 bridgehead atoms. The molecule has 0 saturated carbocycles. The highest BCUT2D eigenvalue weighted by Crippen LogP contribution is 2.36. The number of rotatable bonds is 6. The summed E-state index contributed by atoms with van der Waals surface area (Å²) in [5.74, 6) is -0.786. The summed E-state index contributed by atoms with van der Waals surface area (Å²) in [4.78, 5) is 39.1. The Morgan fingerprint density at radius 1 is 1.11 bits per heavy atom. The van der Waals surface area contributed by atoms with Gasteiger partial charge in [0, 0.05) is 47.9 Å². The third kappa shape index (κ3) is 5.74. The molecule has 1 aliphatic rings. The van der Waals surface area contributed by atoms with E-state index in [9.17, 15) is 20.0 Å². The van der Waals surface area contributed by atoms with E-state index in [1.54, 1.807) is 17.5 Å². The predicted octanol–water partition coefficient (Wildman–Crippen LogP) is 6.68. The lowest BCUT2D eigenvalue weighted by atomic mass is 9.95. The second kappa shape index (κ2) is 12.6. The highest BCUT2D eigenvalue weighted by atomic mass is 32.1. The Labute approximate surface area is 281 Å². The van der Waals surface area contributed by atoms with Gasteiger partial charge in [-0.15, -0.1) is 11.3 Å². The van der Waals surface area contributed by atoms with Gasteiger partial charge in [0.15, 0.2) is 15.6 Å². The van der Waals surface area contributed by atoms with E-state index in [0.29, 0.717) is 51.0 Å². The first-order valence-electron chi connectivity index (χ1n) is 14.7. The molecule has 0 aliphatic carbocycles. The molecule has 12 heteroatoms. The Morgan fingerprint density at radius 2 is 1.96 bits per heavy atom. The number of methoxy groups -OCH3 is 1. The molecule has 6 aromatic rings. The fraction of sp³-hybridized carbons (Fsp3) is 0.171. The van der Waals surface area contributed by atoms with E-state index in [1.807, 2.05) is 65.5 Å². The number of thiophene rings is 1. The number of amides is 1. The number of para-hydroxylation sites is 1. The first-order chi connectivity index (χ1) is 22.8. The minimum atomic E-state index is -0.564. The summed E-state index contributed by atoms with van der Waals surface area (Å²) < 4.78 is 8.07. The van der Waals surface area contributed by atoms with E-state index >= 15 is 0 Å². The lowest BCUT2D eigenvalue weighted by Gasteiger charge is -2.29. The van der Waals surface area contributed by atoms with Crippen LogP contribution in [0.3, 0.4) is 0 Å². The SMILES string of the molecule is COC(=O)c1nc(N2CCc3cccc(C(=O)N=c4sc5ccccc5n4C)c3C2)sc1Cc1cc(-c2cscc2C#N)ccc1O. The number of aromatic hydroxyl groups is 1. The highest BCUT2D eigenvalue weighted by molar-refractivity contribution is 7.16. The molecule has 0 atom stereocenters. The number of hydrogen-bond acceptors (Lipinski definition) is 10.